The van der Waals surface area contributed by atoms with E-state index in [0.717, 1.165) is 6.26 Å². The van der Waals surface area contributed by atoms with E-state index in [0.29, 0.717) is 11.5 Å². The summed E-state index contributed by atoms with van der Waals surface area (Å²) >= 11 is 0. The van der Waals surface area contributed by atoms with Gasteiger partial charge in [-0.15, -0.1) is 0 Å². The SMILES string of the molecule is C=COc1ccc(-c2ccc(C3CCCCC3)cc2)c(F)c1F. The topological polar surface area (TPSA) is 9.23 Å². The minimum absolute atomic E-state index is 0.153. The third kappa shape index (κ3) is 3.29. The van der Waals surface area contributed by atoms with Crippen molar-refractivity contribution in [3.63, 3.8) is 0 Å². The summed E-state index contributed by atoms with van der Waals surface area (Å²) in [5.74, 6) is -1.43. The number of ether oxygens (including phenoxy) is 1. The number of hydrogen-bond donors (Lipinski definition) is 0. The normalized spacial score (nSPS) is 15.4. The Labute approximate surface area is 135 Å². The zero-order valence-corrected chi connectivity index (χ0v) is 13.0. The molecule has 0 saturated heterocycles. The second kappa shape index (κ2) is 6.95. The lowest BCUT2D eigenvalue weighted by atomic mass is 9.83. The van der Waals surface area contributed by atoms with Gasteiger partial charge in [-0.2, -0.15) is 4.39 Å². The van der Waals surface area contributed by atoms with E-state index in [-0.39, 0.29) is 11.3 Å². The van der Waals surface area contributed by atoms with Crippen LogP contribution in [0.3, 0.4) is 0 Å². The first kappa shape index (κ1) is 15.7. The second-order valence-electron chi connectivity index (χ2n) is 5.98. The van der Waals surface area contributed by atoms with Crippen LogP contribution in [0.4, 0.5) is 8.78 Å². The number of halogens is 2. The monoisotopic (exact) mass is 314 g/mol. The molecule has 0 aliphatic heterocycles. The number of benzene rings is 2. The van der Waals surface area contributed by atoms with Crippen LogP contribution in [0, 0.1) is 11.6 Å². The van der Waals surface area contributed by atoms with Gasteiger partial charge in [0.15, 0.2) is 11.6 Å². The van der Waals surface area contributed by atoms with E-state index < -0.39 is 11.6 Å². The Balaban J connectivity index is 1.87. The van der Waals surface area contributed by atoms with E-state index in [1.165, 1.54) is 49.8 Å². The van der Waals surface area contributed by atoms with Gasteiger partial charge < -0.3 is 4.74 Å². The zero-order chi connectivity index (χ0) is 16.2. The third-order valence-corrected chi connectivity index (χ3v) is 4.56. The van der Waals surface area contributed by atoms with Gasteiger partial charge in [0.25, 0.3) is 0 Å². The molecule has 0 radical (unpaired) electrons. The fourth-order valence-electron chi connectivity index (χ4n) is 3.31. The molecule has 0 N–H and O–H groups in total. The lowest BCUT2D eigenvalue weighted by molar-refractivity contribution is 0.417. The van der Waals surface area contributed by atoms with Crippen molar-refractivity contribution in [1.29, 1.82) is 0 Å². The molecular formula is C20H20F2O. The van der Waals surface area contributed by atoms with E-state index in [4.69, 9.17) is 4.74 Å². The van der Waals surface area contributed by atoms with Gasteiger partial charge in [0.1, 0.15) is 0 Å². The molecule has 120 valence electrons. The first-order chi connectivity index (χ1) is 11.2. The maximum Gasteiger partial charge on any atom is 0.201 e. The van der Waals surface area contributed by atoms with Crippen molar-refractivity contribution < 1.29 is 13.5 Å². The molecule has 1 aliphatic rings. The van der Waals surface area contributed by atoms with Crippen molar-refractivity contribution >= 4 is 0 Å². The summed E-state index contributed by atoms with van der Waals surface area (Å²) in [6.07, 6.45) is 7.38. The average molecular weight is 314 g/mol. The summed E-state index contributed by atoms with van der Waals surface area (Å²) in [5.41, 5.74) is 2.21. The largest absolute Gasteiger partial charge is 0.462 e. The quantitative estimate of drug-likeness (QED) is 0.610. The molecule has 0 bridgehead atoms. The molecule has 1 nitrogen and oxygen atoms in total. The van der Waals surface area contributed by atoms with Gasteiger partial charge in [0.2, 0.25) is 5.82 Å². The van der Waals surface area contributed by atoms with Crippen LogP contribution in [0.5, 0.6) is 5.75 Å². The standard InChI is InChI=1S/C20H20F2O/c1-2-23-18-13-12-17(19(21)20(18)22)16-10-8-15(9-11-16)14-6-4-3-5-7-14/h2,8-14H,1,3-7H2. The van der Waals surface area contributed by atoms with Crippen LogP contribution in [-0.2, 0) is 0 Å². The van der Waals surface area contributed by atoms with Crippen LogP contribution in [0.1, 0.15) is 43.6 Å². The highest BCUT2D eigenvalue weighted by molar-refractivity contribution is 5.65. The van der Waals surface area contributed by atoms with Gasteiger partial charge in [-0.05, 0) is 42.0 Å². The molecule has 23 heavy (non-hydrogen) atoms. The Bertz CT molecular complexity index is 686. The molecule has 1 saturated carbocycles. The molecule has 3 rings (SSSR count). The van der Waals surface area contributed by atoms with E-state index in [9.17, 15) is 8.78 Å². The van der Waals surface area contributed by atoms with E-state index in [1.54, 1.807) is 0 Å². The summed E-state index contributed by atoms with van der Waals surface area (Å²) in [4.78, 5) is 0. The highest BCUT2D eigenvalue weighted by Gasteiger charge is 2.17. The Morgan fingerprint density at radius 2 is 1.61 bits per heavy atom. The maximum atomic E-state index is 14.2. The van der Waals surface area contributed by atoms with Crippen LogP contribution in [0.15, 0.2) is 49.2 Å². The van der Waals surface area contributed by atoms with Gasteiger partial charge in [0.05, 0.1) is 6.26 Å². The Hall–Kier alpha value is -2.16. The zero-order valence-electron chi connectivity index (χ0n) is 13.0. The highest BCUT2D eigenvalue weighted by atomic mass is 19.2. The Morgan fingerprint density at radius 1 is 0.913 bits per heavy atom. The van der Waals surface area contributed by atoms with Crippen LogP contribution in [0.2, 0.25) is 0 Å². The van der Waals surface area contributed by atoms with Crippen LogP contribution in [0.25, 0.3) is 11.1 Å². The maximum absolute atomic E-state index is 14.2. The van der Waals surface area contributed by atoms with Crippen LogP contribution in [-0.4, -0.2) is 0 Å². The lowest BCUT2D eigenvalue weighted by Crippen LogP contribution is -2.04. The van der Waals surface area contributed by atoms with Gasteiger partial charge in [-0.3, -0.25) is 0 Å². The fraction of sp³-hybridized carbons (Fsp3) is 0.300. The Kier molecular flexibility index (Phi) is 4.75. The second-order valence-corrected chi connectivity index (χ2v) is 5.98. The molecule has 2 aromatic carbocycles. The molecule has 1 fully saturated rings. The number of hydrogen-bond acceptors (Lipinski definition) is 1. The van der Waals surface area contributed by atoms with Gasteiger partial charge in [-0.25, -0.2) is 4.39 Å². The smallest absolute Gasteiger partial charge is 0.201 e. The predicted molar refractivity (Wildman–Crippen MR) is 88.4 cm³/mol. The van der Waals surface area contributed by atoms with Crippen LogP contribution >= 0.6 is 0 Å². The molecule has 0 spiro atoms. The van der Waals surface area contributed by atoms with Crippen molar-refractivity contribution in [3.8, 4) is 16.9 Å². The van der Waals surface area contributed by atoms with Crippen molar-refractivity contribution in [1.82, 2.24) is 0 Å². The first-order valence-electron chi connectivity index (χ1n) is 8.06. The van der Waals surface area contributed by atoms with Crippen LogP contribution < -0.4 is 4.74 Å². The number of rotatable bonds is 4. The van der Waals surface area contributed by atoms with Gasteiger partial charge in [-0.1, -0.05) is 50.1 Å². The van der Waals surface area contributed by atoms with Crippen molar-refractivity contribution in [2.45, 2.75) is 38.0 Å². The summed E-state index contributed by atoms with van der Waals surface area (Å²) in [6, 6.07) is 10.8. The fourth-order valence-corrected chi connectivity index (χ4v) is 3.31. The summed E-state index contributed by atoms with van der Waals surface area (Å²) in [6.45, 7) is 3.35. The lowest BCUT2D eigenvalue weighted by Gasteiger charge is -2.22. The molecule has 0 atom stereocenters. The summed E-state index contributed by atoms with van der Waals surface area (Å²) in [7, 11) is 0. The van der Waals surface area contributed by atoms with Gasteiger partial charge >= 0.3 is 0 Å². The molecule has 0 heterocycles. The van der Waals surface area contributed by atoms with Crippen molar-refractivity contribution in [2.75, 3.05) is 0 Å². The van der Waals surface area contributed by atoms with Crippen molar-refractivity contribution in [3.05, 3.63) is 66.4 Å². The molecule has 2 aromatic rings. The first-order valence-corrected chi connectivity index (χ1v) is 8.06. The molecule has 0 amide bonds. The minimum Gasteiger partial charge on any atom is -0.462 e. The van der Waals surface area contributed by atoms with Crippen molar-refractivity contribution in [2.24, 2.45) is 0 Å². The predicted octanol–water partition coefficient (Wildman–Crippen LogP) is 6.20. The minimum atomic E-state index is -0.987. The molecular weight excluding hydrogens is 294 g/mol. The van der Waals surface area contributed by atoms with Gasteiger partial charge in [0, 0.05) is 5.56 Å². The molecule has 1 aliphatic carbocycles. The molecule has 0 aromatic heterocycles. The van der Waals surface area contributed by atoms with E-state index in [1.807, 2.05) is 24.3 Å². The molecule has 3 heteroatoms. The van der Waals surface area contributed by atoms with E-state index in [2.05, 4.69) is 6.58 Å². The van der Waals surface area contributed by atoms with E-state index >= 15 is 0 Å². The third-order valence-electron chi connectivity index (χ3n) is 4.56. The Morgan fingerprint density at radius 3 is 2.26 bits per heavy atom. The average Bonchev–Trinajstić information content (AvgIpc) is 2.60. The highest BCUT2D eigenvalue weighted by Crippen LogP contribution is 2.35. The summed E-state index contributed by atoms with van der Waals surface area (Å²) in [5, 5.41) is 0. The summed E-state index contributed by atoms with van der Waals surface area (Å²) < 4.78 is 33.0. The molecule has 0 unspecified atom stereocenters.